The van der Waals surface area contributed by atoms with Crippen molar-refractivity contribution >= 4 is 17.4 Å². The van der Waals surface area contributed by atoms with Crippen LogP contribution in [0.25, 0.3) is 0 Å². The molecule has 1 amide bonds. The van der Waals surface area contributed by atoms with Gasteiger partial charge in [0.1, 0.15) is 11.6 Å². The number of hydrogen-bond donors (Lipinski definition) is 2. The fraction of sp³-hybridized carbons (Fsp3) is 0.364. The van der Waals surface area contributed by atoms with E-state index in [1.54, 1.807) is 19.2 Å². The van der Waals surface area contributed by atoms with Gasteiger partial charge in [-0.05, 0) is 43.5 Å². The van der Waals surface area contributed by atoms with Crippen LogP contribution in [0.4, 0.5) is 11.5 Å². The maximum Gasteiger partial charge on any atom is 0.259 e. The highest BCUT2D eigenvalue weighted by Gasteiger charge is 2.14. The minimum absolute atomic E-state index is 0.182. The van der Waals surface area contributed by atoms with E-state index >= 15 is 0 Å². The van der Waals surface area contributed by atoms with Crippen LogP contribution in [0.3, 0.4) is 0 Å². The molecule has 0 saturated carbocycles. The number of carbonyl (C=O) groups is 1. The topological polar surface area (TPSA) is 86.5 Å². The molecule has 0 radical (unpaired) electrons. The van der Waals surface area contributed by atoms with Gasteiger partial charge in [0, 0.05) is 18.9 Å². The molecule has 1 aromatic heterocycles. The molecule has 150 valence electrons. The van der Waals surface area contributed by atoms with Gasteiger partial charge < -0.3 is 20.5 Å². The number of nitrogens with zero attached hydrogens (tertiary/aromatic N) is 1. The van der Waals surface area contributed by atoms with Crippen molar-refractivity contribution in [2.75, 3.05) is 24.8 Å². The number of nitrogens with two attached hydrogens (primary N) is 1. The van der Waals surface area contributed by atoms with Gasteiger partial charge in [-0.2, -0.15) is 0 Å². The Bertz CT molecular complexity index is 819. The number of nitrogen functional groups attached to an aromatic ring is 1. The first-order chi connectivity index (χ1) is 13.5. The minimum Gasteiger partial charge on any atom is -0.493 e. The summed E-state index contributed by atoms with van der Waals surface area (Å²) >= 11 is 0. The van der Waals surface area contributed by atoms with Crippen LogP contribution < -0.4 is 15.8 Å². The van der Waals surface area contributed by atoms with E-state index in [9.17, 15) is 4.79 Å². The molecule has 0 aliphatic heterocycles. The number of amides is 1. The number of carbonyl (C=O) groups excluding carboxylic acids is 1. The van der Waals surface area contributed by atoms with Crippen LogP contribution >= 0.6 is 0 Å². The summed E-state index contributed by atoms with van der Waals surface area (Å²) in [4.78, 5) is 16.9. The van der Waals surface area contributed by atoms with E-state index in [4.69, 9.17) is 15.2 Å². The molecule has 2 aromatic rings. The fourth-order valence-electron chi connectivity index (χ4n) is 2.64. The highest BCUT2D eigenvalue weighted by molar-refractivity contribution is 6.07. The van der Waals surface area contributed by atoms with Crippen molar-refractivity contribution in [2.24, 2.45) is 0 Å². The number of ether oxygens (including phenoxy) is 2. The third-order valence-corrected chi connectivity index (χ3v) is 4.14. The number of benzene rings is 1. The summed E-state index contributed by atoms with van der Waals surface area (Å²) in [5.41, 5.74) is 8.52. The van der Waals surface area contributed by atoms with Crippen LogP contribution in [0.5, 0.6) is 5.75 Å². The highest BCUT2D eigenvalue weighted by Crippen LogP contribution is 2.21. The molecule has 0 saturated heterocycles. The Morgan fingerprint density at radius 1 is 1.25 bits per heavy atom. The maximum absolute atomic E-state index is 12.6. The maximum atomic E-state index is 12.6. The fourth-order valence-corrected chi connectivity index (χ4v) is 2.64. The SMILES string of the molecule is CCCC=CCCOc1cccc(NC(=O)c2cc(C)c(COC)nc2N)c1. The Hall–Kier alpha value is -2.86. The number of nitrogens with one attached hydrogen (secondary N) is 1. The molecule has 0 spiro atoms. The number of aryl methyl sites for hydroxylation is 1. The molecule has 0 aliphatic carbocycles. The standard InChI is InChI=1S/C22H29N3O3/c1-4-5-6-7-8-12-28-18-11-9-10-17(14-18)24-22(26)19-13-16(2)20(15-27-3)25-21(19)23/h6-7,9-11,13-14H,4-5,8,12,15H2,1-3H3,(H2,23,25)(H,24,26). The van der Waals surface area contributed by atoms with Crippen molar-refractivity contribution in [1.82, 2.24) is 4.98 Å². The zero-order valence-corrected chi connectivity index (χ0v) is 16.8. The Kier molecular flexibility index (Phi) is 8.49. The summed E-state index contributed by atoms with van der Waals surface area (Å²) in [7, 11) is 1.59. The largest absolute Gasteiger partial charge is 0.493 e. The number of anilines is 2. The second kappa shape index (κ2) is 11.1. The molecule has 3 N–H and O–H groups in total. The van der Waals surface area contributed by atoms with Crippen LogP contribution in [0.15, 0.2) is 42.5 Å². The van der Waals surface area contributed by atoms with Crippen LogP contribution in [0.2, 0.25) is 0 Å². The van der Waals surface area contributed by atoms with Gasteiger partial charge >= 0.3 is 0 Å². The van der Waals surface area contributed by atoms with Crippen molar-refractivity contribution < 1.29 is 14.3 Å². The molecular weight excluding hydrogens is 354 g/mol. The summed E-state index contributed by atoms with van der Waals surface area (Å²) in [5, 5.41) is 2.85. The highest BCUT2D eigenvalue weighted by atomic mass is 16.5. The lowest BCUT2D eigenvalue weighted by Gasteiger charge is -2.12. The monoisotopic (exact) mass is 383 g/mol. The van der Waals surface area contributed by atoms with Crippen LogP contribution in [-0.4, -0.2) is 24.6 Å². The molecule has 1 heterocycles. The summed E-state index contributed by atoms with van der Waals surface area (Å²) in [6.45, 7) is 4.97. The lowest BCUT2D eigenvalue weighted by atomic mass is 10.1. The van der Waals surface area contributed by atoms with Crippen molar-refractivity contribution in [3.63, 3.8) is 0 Å². The summed E-state index contributed by atoms with van der Waals surface area (Å²) in [6, 6.07) is 9.04. The number of rotatable bonds is 10. The van der Waals surface area contributed by atoms with E-state index in [1.165, 1.54) is 0 Å². The predicted octanol–water partition coefficient (Wildman–Crippen LogP) is 4.50. The average Bonchev–Trinajstić information content (AvgIpc) is 2.67. The number of hydrogen-bond acceptors (Lipinski definition) is 5. The number of pyridine rings is 1. The Balaban J connectivity index is 2.00. The van der Waals surface area contributed by atoms with Gasteiger partial charge in [0.2, 0.25) is 0 Å². The Morgan fingerprint density at radius 3 is 2.79 bits per heavy atom. The van der Waals surface area contributed by atoms with Crippen LogP contribution in [0.1, 0.15) is 47.8 Å². The molecule has 0 aliphatic rings. The summed E-state index contributed by atoms with van der Waals surface area (Å²) in [5.74, 6) is 0.581. The first kappa shape index (κ1) is 21.4. The van der Waals surface area contributed by atoms with Crippen molar-refractivity contribution in [1.29, 1.82) is 0 Å². The second-order valence-electron chi connectivity index (χ2n) is 6.50. The van der Waals surface area contributed by atoms with Crippen LogP contribution in [0, 0.1) is 6.92 Å². The normalized spacial score (nSPS) is 11.0. The zero-order chi connectivity index (χ0) is 20.4. The van der Waals surface area contributed by atoms with E-state index in [1.807, 2.05) is 25.1 Å². The molecule has 0 atom stereocenters. The Morgan fingerprint density at radius 2 is 2.04 bits per heavy atom. The summed E-state index contributed by atoms with van der Waals surface area (Å²) in [6.07, 6.45) is 7.38. The minimum atomic E-state index is -0.309. The number of aromatic nitrogens is 1. The Labute approximate surface area is 166 Å². The third kappa shape index (κ3) is 6.39. The quantitative estimate of drug-likeness (QED) is 0.466. The van der Waals surface area contributed by atoms with Crippen LogP contribution in [-0.2, 0) is 11.3 Å². The second-order valence-corrected chi connectivity index (χ2v) is 6.50. The van der Waals surface area contributed by atoms with E-state index < -0.39 is 0 Å². The van der Waals surface area contributed by atoms with Gasteiger partial charge in [-0.25, -0.2) is 4.98 Å². The molecule has 0 unspecified atom stereocenters. The first-order valence-corrected chi connectivity index (χ1v) is 9.49. The van der Waals surface area contributed by atoms with E-state index in [-0.39, 0.29) is 11.7 Å². The van der Waals surface area contributed by atoms with Gasteiger partial charge in [0.05, 0.1) is 24.5 Å². The van der Waals surface area contributed by atoms with Gasteiger partial charge in [-0.3, -0.25) is 4.79 Å². The van der Waals surface area contributed by atoms with Crippen molar-refractivity contribution in [3.05, 3.63) is 59.3 Å². The molecular formula is C22H29N3O3. The lowest BCUT2D eigenvalue weighted by molar-refractivity contribution is 0.102. The molecule has 6 heteroatoms. The molecule has 6 nitrogen and oxygen atoms in total. The van der Waals surface area contributed by atoms with Gasteiger partial charge in [-0.15, -0.1) is 0 Å². The molecule has 1 aromatic carbocycles. The van der Waals surface area contributed by atoms with Gasteiger partial charge in [-0.1, -0.05) is 31.6 Å². The molecule has 2 rings (SSSR count). The molecule has 28 heavy (non-hydrogen) atoms. The molecule has 0 fully saturated rings. The lowest BCUT2D eigenvalue weighted by Crippen LogP contribution is -2.16. The third-order valence-electron chi connectivity index (χ3n) is 4.14. The van der Waals surface area contributed by atoms with Crippen molar-refractivity contribution in [2.45, 2.75) is 39.7 Å². The number of allylic oxidation sites excluding steroid dienone is 1. The molecule has 0 bridgehead atoms. The summed E-state index contributed by atoms with van der Waals surface area (Å²) < 4.78 is 10.8. The van der Waals surface area contributed by atoms with Gasteiger partial charge in [0.15, 0.2) is 0 Å². The first-order valence-electron chi connectivity index (χ1n) is 9.49. The average molecular weight is 383 g/mol. The van der Waals surface area contributed by atoms with E-state index in [0.29, 0.717) is 30.2 Å². The van der Waals surface area contributed by atoms with Crippen molar-refractivity contribution in [3.8, 4) is 5.75 Å². The van der Waals surface area contributed by atoms with E-state index in [0.717, 1.165) is 30.5 Å². The predicted molar refractivity (Wildman–Crippen MR) is 113 cm³/mol. The zero-order valence-electron chi connectivity index (χ0n) is 16.8. The number of methoxy groups -OCH3 is 1. The number of unbranched alkanes of at least 4 members (excludes halogenated alkanes) is 1. The van der Waals surface area contributed by atoms with E-state index in [2.05, 4.69) is 29.4 Å². The van der Waals surface area contributed by atoms with Gasteiger partial charge in [0.25, 0.3) is 5.91 Å². The smallest absolute Gasteiger partial charge is 0.259 e.